The van der Waals surface area contributed by atoms with E-state index in [0.29, 0.717) is 5.56 Å². The van der Waals surface area contributed by atoms with Crippen LogP contribution in [-0.4, -0.2) is 31.2 Å². The third kappa shape index (κ3) is 5.37. The fourth-order valence-corrected chi connectivity index (χ4v) is 3.75. The quantitative estimate of drug-likeness (QED) is 0.768. The summed E-state index contributed by atoms with van der Waals surface area (Å²) >= 11 is 0. The van der Waals surface area contributed by atoms with Crippen LogP contribution in [0.4, 0.5) is 4.39 Å². The lowest BCUT2D eigenvalue weighted by molar-refractivity contribution is -0.122. The van der Waals surface area contributed by atoms with Crippen molar-refractivity contribution in [2.24, 2.45) is 0 Å². The van der Waals surface area contributed by atoms with Crippen LogP contribution in [0, 0.1) is 5.82 Å². The molecule has 1 N–H and O–H groups in total. The Balaban J connectivity index is 2.28. The Kier molecular flexibility index (Phi) is 6.88. The molecule has 2 rings (SSSR count). The van der Waals surface area contributed by atoms with Gasteiger partial charge in [-0.05, 0) is 43.2 Å². The number of carbonyl (C=O) groups is 1. The summed E-state index contributed by atoms with van der Waals surface area (Å²) < 4.78 is 40.2. The zero-order valence-electron chi connectivity index (χ0n) is 14.9. The summed E-state index contributed by atoms with van der Waals surface area (Å²) in [5.41, 5.74) is 0.599. The standard InChI is InChI=1S/C19H23FN2O3S/c1-3-15(2)21-19(23)14-22(13-16-9-11-17(20)12-10-16)26(24,25)18-7-5-4-6-8-18/h4-12,15H,3,13-14H2,1-2H3,(H,21,23)/t15-/m0/s1. The molecule has 2 aromatic carbocycles. The second-order valence-corrected chi connectivity index (χ2v) is 8.03. The third-order valence-electron chi connectivity index (χ3n) is 3.99. The molecule has 0 aliphatic heterocycles. The first-order valence-corrected chi connectivity index (χ1v) is 9.86. The van der Waals surface area contributed by atoms with Crippen molar-refractivity contribution in [3.05, 3.63) is 66.0 Å². The van der Waals surface area contributed by atoms with E-state index in [9.17, 15) is 17.6 Å². The van der Waals surface area contributed by atoms with Crippen molar-refractivity contribution in [1.29, 1.82) is 0 Å². The molecule has 7 heteroatoms. The van der Waals surface area contributed by atoms with Gasteiger partial charge in [0.15, 0.2) is 0 Å². The van der Waals surface area contributed by atoms with Gasteiger partial charge in [-0.25, -0.2) is 12.8 Å². The van der Waals surface area contributed by atoms with Gasteiger partial charge < -0.3 is 5.32 Å². The van der Waals surface area contributed by atoms with Crippen molar-refractivity contribution in [2.45, 2.75) is 37.8 Å². The van der Waals surface area contributed by atoms with E-state index in [-0.39, 0.29) is 29.9 Å². The predicted molar refractivity (Wildman–Crippen MR) is 98.3 cm³/mol. The van der Waals surface area contributed by atoms with E-state index in [1.165, 1.54) is 36.4 Å². The molecule has 5 nitrogen and oxygen atoms in total. The normalized spacial score (nSPS) is 12.8. The first-order valence-electron chi connectivity index (χ1n) is 8.42. The molecule has 0 unspecified atom stereocenters. The van der Waals surface area contributed by atoms with Crippen LogP contribution in [0.5, 0.6) is 0 Å². The van der Waals surface area contributed by atoms with Crippen LogP contribution in [-0.2, 0) is 21.4 Å². The molecule has 0 aliphatic carbocycles. The number of halogens is 1. The number of nitrogens with one attached hydrogen (secondary N) is 1. The van der Waals surface area contributed by atoms with Crippen LogP contribution in [0.25, 0.3) is 0 Å². The van der Waals surface area contributed by atoms with Gasteiger partial charge in [0, 0.05) is 12.6 Å². The van der Waals surface area contributed by atoms with Gasteiger partial charge in [-0.15, -0.1) is 0 Å². The van der Waals surface area contributed by atoms with E-state index in [1.807, 2.05) is 13.8 Å². The van der Waals surface area contributed by atoms with Gasteiger partial charge in [0.25, 0.3) is 0 Å². The zero-order chi connectivity index (χ0) is 19.2. The van der Waals surface area contributed by atoms with E-state index in [2.05, 4.69) is 5.32 Å². The average Bonchev–Trinajstić information content (AvgIpc) is 2.63. The number of benzene rings is 2. The summed E-state index contributed by atoms with van der Waals surface area (Å²) in [4.78, 5) is 12.4. The van der Waals surface area contributed by atoms with Gasteiger partial charge in [0.1, 0.15) is 5.82 Å². The van der Waals surface area contributed by atoms with Crippen molar-refractivity contribution in [1.82, 2.24) is 9.62 Å². The van der Waals surface area contributed by atoms with Gasteiger partial charge in [-0.3, -0.25) is 4.79 Å². The van der Waals surface area contributed by atoms with Gasteiger partial charge in [0.2, 0.25) is 15.9 Å². The highest BCUT2D eigenvalue weighted by Gasteiger charge is 2.27. The number of hydrogen-bond donors (Lipinski definition) is 1. The number of nitrogens with zero attached hydrogens (tertiary/aromatic N) is 1. The Labute approximate surface area is 153 Å². The molecule has 1 atom stereocenters. The van der Waals surface area contributed by atoms with E-state index in [0.717, 1.165) is 10.7 Å². The SMILES string of the molecule is CC[C@H](C)NC(=O)CN(Cc1ccc(F)cc1)S(=O)(=O)c1ccccc1. The molecule has 140 valence electrons. The van der Waals surface area contributed by atoms with Crippen molar-refractivity contribution < 1.29 is 17.6 Å². The minimum Gasteiger partial charge on any atom is -0.353 e. The summed E-state index contributed by atoms with van der Waals surface area (Å²) in [5, 5.41) is 2.77. The van der Waals surface area contributed by atoms with E-state index in [4.69, 9.17) is 0 Å². The van der Waals surface area contributed by atoms with Crippen LogP contribution >= 0.6 is 0 Å². The van der Waals surface area contributed by atoms with Crippen molar-refractivity contribution in [3.8, 4) is 0 Å². The fourth-order valence-electron chi connectivity index (χ4n) is 2.34. The maximum absolute atomic E-state index is 13.1. The molecule has 0 saturated carbocycles. The molecular formula is C19H23FN2O3S. The molecule has 0 heterocycles. The molecule has 0 radical (unpaired) electrons. The summed E-state index contributed by atoms with van der Waals surface area (Å²) in [6, 6.07) is 13.5. The van der Waals surface area contributed by atoms with Gasteiger partial charge in [-0.2, -0.15) is 4.31 Å². The monoisotopic (exact) mass is 378 g/mol. The Morgan fingerprint density at radius 3 is 2.31 bits per heavy atom. The molecule has 0 saturated heterocycles. The molecule has 2 aromatic rings. The Hall–Kier alpha value is -2.25. The molecule has 0 aromatic heterocycles. The molecule has 0 spiro atoms. The molecule has 1 amide bonds. The van der Waals surface area contributed by atoms with E-state index in [1.54, 1.807) is 18.2 Å². The smallest absolute Gasteiger partial charge is 0.243 e. The van der Waals surface area contributed by atoms with Crippen LogP contribution in [0.2, 0.25) is 0 Å². The van der Waals surface area contributed by atoms with Crippen molar-refractivity contribution in [3.63, 3.8) is 0 Å². The fraction of sp³-hybridized carbons (Fsp3) is 0.316. The van der Waals surface area contributed by atoms with Crippen LogP contribution in [0.1, 0.15) is 25.8 Å². The third-order valence-corrected chi connectivity index (χ3v) is 5.80. The molecule has 0 bridgehead atoms. The second-order valence-electron chi connectivity index (χ2n) is 6.09. The van der Waals surface area contributed by atoms with E-state index < -0.39 is 15.8 Å². The Morgan fingerprint density at radius 2 is 1.73 bits per heavy atom. The number of rotatable bonds is 8. The first kappa shape index (κ1) is 20.1. The van der Waals surface area contributed by atoms with Crippen LogP contribution < -0.4 is 5.32 Å². The molecule has 26 heavy (non-hydrogen) atoms. The highest BCUT2D eigenvalue weighted by molar-refractivity contribution is 7.89. The number of amides is 1. The van der Waals surface area contributed by atoms with Crippen molar-refractivity contribution in [2.75, 3.05) is 6.54 Å². The molecule has 0 aliphatic rings. The Morgan fingerprint density at radius 1 is 1.12 bits per heavy atom. The minimum absolute atomic E-state index is 0.0224. The lowest BCUT2D eigenvalue weighted by atomic mass is 10.2. The largest absolute Gasteiger partial charge is 0.353 e. The summed E-state index contributed by atoms with van der Waals surface area (Å²) in [5.74, 6) is -0.776. The van der Waals surface area contributed by atoms with Crippen molar-refractivity contribution >= 4 is 15.9 Å². The Bertz CT molecular complexity index is 824. The average molecular weight is 378 g/mol. The zero-order valence-corrected chi connectivity index (χ0v) is 15.7. The lowest BCUT2D eigenvalue weighted by Crippen LogP contribution is -2.43. The summed E-state index contributed by atoms with van der Waals surface area (Å²) in [6.45, 7) is 3.46. The maximum atomic E-state index is 13.1. The van der Waals surface area contributed by atoms with Crippen LogP contribution in [0.3, 0.4) is 0 Å². The topological polar surface area (TPSA) is 66.5 Å². The molecular weight excluding hydrogens is 355 g/mol. The van der Waals surface area contributed by atoms with Gasteiger partial charge >= 0.3 is 0 Å². The predicted octanol–water partition coefficient (Wildman–Crippen LogP) is 2.93. The van der Waals surface area contributed by atoms with Gasteiger partial charge in [-0.1, -0.05) is 37.3 Å². The number of carbonyl (C=O) groups excluding carboxylic acids is 1. The highest BCUT2D eigenvalue weighted by Crippen LogP contribution is 2.18. The lowest BCUT2D eigenvalue weighted by Gasteiger charge is -2.23. The van der Waals surface area contributed by atoms with Crippen LogP contribution in [0.15, 0.2) is 59.5 Å². The minimum atomic E-state index is -3.87. The van der Waals surface area contributed by atoms with Gasteiger partial charge in [0.05, 0.1) is 11.4 Å². The number of hydrogen-bond acceptors (Lipinski definition) is 3. The summed E-state index contributed by atoms with van der Waals surface area (Å²) in [6.07, 6.45) is 0.745. The summed E-state index contributed by atoms with van der Waals surface area (Å²) in [7, 11) is -3.87. The second kappa shape index (κ2) is 8.91. The number of sulfonamides is 1. The highest BCUT2D eigenvalue weighted by atomic mass is 32.2. The maximum Gasteiger partial charge on any atom is 0.243 e. The van der Waals surface area contributed by atoms with E-state index >= 15 is 0 Å². The first-order chi connectivity index (χ1) is 12.3. The molecule has 0 fully saturated rings.